The number of aliphatic hydroxyl groups excluding tert-OH is 1. The van der Waals surface area contributed by atoms with E-state index in [0.717, 1.165) is 30.4 Å². The van der Waals surface area contributed by atoms with Gasteiger partial charge in [0.2, 0.25) is 0 Å². The van der Waals surface area contributed by atoms with Crippen molar-refractivity contribution in [2.75, 3.05) is 0 Å². The van der Waals surface area contributed by atoms with Gasteiger partial charge >= 0.3 is 0 Å². The van der Waals surface area contributed by atoms with Crippen LogP contribution in [0, 0.1) is 0 Å². The molecule has 3 N–H and O–H groups in total. The molecule has 0 spiro atoms. The number of hydrogen-bond acceptors (Lipinski definition) is 2. The second kappa shape index (κ2) is 3.48. The highest BCUT2D eigenvalue weighted by atomic mass is 16.3. The van der Waals surface area contributed by atoms with E-state index in [4.69, 9.17) is 5.73 Å². The molecule has 0 unspecified atom stereocenters. The molecule has 0 aliphatic heterocycles. The van der Waals surface area contributed by atoms with Gasteiger partial charge < -0.3 is 10.8 Å². The summed E-state index contributed by atoms with van der Waals surface area (Å²) in [5.41, 5.74) is 8.14. The first kappa shape index (κ1) is 8.73. The minimum Gasteiger partial charge on any atom is -0.388 e. The number of aliphatic hydroxyl groups is 1. The van der Waals surface area contributed by atoms with Crippen LogP contribution in [-0.2, 0) is 0 Å². The van der Waals surface area contributed by atoms with Gasteiger partial charge in [-0.2, -0.15) is 0 Å². The Labute approximate surface area is 78.4 Å². The summed E-state index contributed by atoms with van der Waals surface area (Å²) in [5, 5.41) is 9.80. The van der Waals surface area contributed by atoms with Crippen LogP contribution in [-0.4, -0.2) is 5.11 Å². The van der Waals surface area contributed by atoms with E-state index in [2.05, 4.69) is 0 Å². The van der Waals surface area contributed by atoms with E-state index in [1.165, 1.54) is 0 Å². The Morgan fingerprint density at radius 2 is 1.85 bits per heavy atom. The molecule has 2 nitrogen and oxygen atoms in total. The van der Waals surface area contributed by atoms with Gasteiger partial charge in [-0.25, -0.2) is 0 Å². The summed E-state index contributed by atoms with van der Waals surface area (Å²) in [6.07, 6.45) is 2.51. The van der Waals surface area contributed by atoms with E-state index in [1.54, 1.807) is 0 Å². The Morgan fingerprint density at radius 3 is 2.62 bits per heavy atom. The molecule has 0 saturated carbocycles. The number of nitrogens with two attached hydrogens (primary N) is 1. The minimum absolute atomic E-state index is 0.105. The lowest BCUT2D eigenvalue weighted by Gasteiger charge is -2.13. The average Bonchev–Trinajstić information content (AvgIpc) is 2.29. The quantitative estimate of drug-likeness (QED) is 0.594. The largest absolute Gasteiger partial charge is 0.388 e. The lowest BCUT2D eigenvalue weighted by molar-refractivity contribution is 0.166. The topological polar surface area (TPSA) is 46.2 Å². The monoisotopic (exact) mass is 177 g/mol. The van der Waals surface area contributed by atoms with Crippen LogP contribution in [0.2, 0.25) is 0 Å². The highest BCUT2D eigenvalue weighted by Crippen LogP contribution is 2.32. The SMILES string of the molecule is N[C@H]1CCC[C@H](O)c2ccccc21. The molecule has 0 aromatic heterocycles. The van der Waals surface area contributed by atoms with Gasteiger partial charge in [0.25, 0.3) is 0 Å². The van der Waals surface area contributed by atoms with Gasteiger partial charge in [0.15, 0.2) is 0 Å². The average molecular weight is 177 g/mol. The van der Waals surface area contributed by atoms with E-state index in [0.29, 0.717) is 0 Å². The third-order valence-corrected chi connectivity index (χ3v) is 2.75. The standard InChI is InChI=1S/C11H15NO/c12-10-6-3-7-11(13)9-5-2-1-4-8(9)10/h1-2,4-5,10-11,13H,3,6-7,12H2/t10-,11-/m0/s1. The Bertz CT molecular complexity index is 269. The molecule has 1 aromatic rings. The third kappa shape index (κ3) is 1.60. The van der Waals surface area contributed by atoms with Crippen molar-refractivity contribution < 1.29 is 5.11 Å². The first-order valence-corrected chi connectivity index (χ1v) is 4.81. The Balaban J connectivity index is 2.45. The molecule has 1 aliphatic carbocycles. The zero-order chi connectivity index (χ0) is 9.26. The van der Waals surface area contributed by atoms with Crippen LogP contribution >= 0.6 is 0 Å². The van der Waals surface area contributed by atoms with Crippen LogP contribution in [0.1, 0.15) is 42.5 Å². The lowest BCUT2D eigenvalue weighted by Crippen LogP contribution is -2.10. The molecule has 0 saturated heterocycles. The number of fused-ring (bicyclic) bond motifs is 1. The lowest BCUT2D eigenvalue weighted by atomic mass is 9.99. The van der Waals surface area contributed by atoms with Crippen LogP contribution in [0.15, 0.2) is 24.3 Å². The van der Waals surface area contributed by atoms with E-state index in [1.807, 2.05) is 24.3 Å². The summed E-state index contributed by atoms with van der Waals surface area (Å²) in [6.45, 7) is 0. The molecular weight excluding hydrogens is 162 g/mol. The van der Waals surface area contributed by atoms with Crippen molar-refractivity contribution in [2.24, 2.45) is 5.73 Å². The zero-order valence-corrected chi connectivity index (χ0v) is 7.61. The second-order valence-electron chi connectivity index (χ2n) is 3.68. The first-order chi connectivity index (χ1) is 6.29. The molecule has 0 heterocycles. The predicted octanol–water partition coefficient (Wildman–Crippen LogP) is 1.90. The normalized spacial score (nSPS) is 27.8. The second-order valence-corrected chi connectivity index (χ2v) is 3.68. The fourth-order valence-corrected chi connectivity index (χ4v) is 1.99. The van der Waals surface area contributed by atoms with Crippen LogP contribution in [0.5, 0.6) is 0 Å². The Hall–Kier alpha value is -0.860. The molecule has 2 rings (SSSR count). The van der Waals surface area contributed by atoms with Gasteiger partial charge in [0.05, 0.1) is 6.10 Å². The molecule has 2 heteroatoms. The van der Waals surface area contributed by atoms with Crippen molar-refractivity contribution in [1.29, 1.82) is 0 Å². The van der Waals surface area contributed by atoms with E-state index in [9.17, 15) is 5.11 Å². The van der Waals surface area contributed by atoms with Crippen molar-refractivity contribution in [2.45, 2.75) is 31.4 Å². The van der Waals surface area contributed by atoms with Crippen LogP contribution in [0.3, 0.4) is 0 Å². The van der Waals surface area contributed by atoms with Gasteiger partial charge in [0.1, 0.15) is 0 Å². The summed E-state index contributed by atoms with van der Waals surface area (Å²) in [4.78, 5) is 0. The smallest absolute Gasteiger partial charge is 0.0793 e. The Kier molecular flexibility index (Phi) is 2.34. The Morgan fingerprint density at radius 1 is 1.15 bits per heavy atom. The van der Waals surface area contributed by atoms with E-state index >= 15 is 0 Å². The van der Waals surface area contributed by atoms with Gasteiger partial charge in [-0.05, 0) is 30.4 Å². The molecule has 1 aromatic carbocycles. The van der Waals surface area contributed by atoms with Crippen molar-refractivity contribution in [3.8, 4) is 0 Å². The van der Waals surface area contributed by atoms with E-state index < -0.39 is 0 Å². The zero-order valence-electron chi connectivity index (χ0n) is 7.61. The highest BCUT2D eigenvalue weighted by molar-refractivity contribution is 5.32. The highest BCUT2D eigenvalue weighted by Gasteiger charge is 2.20. The number of hydrogen-bond donors (Lipinski definition) is 2. The molecular formula is C11H15NO. The maximum atomic E-state index is 9.80. The molecule has 0 bridgehead atoms. The predicted molar refractivity (Wildman–Crippen MR) is 52.2 cm³/mol. The fourth-order valence-electron chi connectivity index (χ4n) is 1.99. The van der Waals surface area contributed by atoms with Crippen LogP contribution in [0.25, 0.3) is 0 Å². The molecule has 0 amide bonds. The van der Waals surface area contributed by atoms with Crippen molar-refractivity contribution >= 4 is 0 Å². The minimum atomic E-state index is -0.315. The van der Waals surface area contributed by atoms with Gasteiger partial charge in [0, 0.05) is 6.04 Å². The summed E-state index contributed by atoms with van der Waals surface area (Å²) >= 11 is 0. The number of rotatable bonds is 0. The summed E-state index contributed by atoms with van der Waals surface area (Å²) in [6, 6.07) is 8.05. The van der Waals surface area contributed by atoms with Crippen molar-refractivity contribution in [3.63, 3.8) is 0 Å². The maximum Gasteiger partial charge on any atom is 0.0793 e. The molecule has 2 atom stereocenters. The summed E-state index contributed by atoms with van der Waals surface area (Å²) < 4.78 is 0. The molecule has 13 heavy (non-hydrogen) atoms. The van der Waals surface area contributed by atoms with Crippen molar-refractivity contribution in [1.82, 2.24) is 0 Å². The van der Waals surface area contributed by atoms with Crippen LogP contribution < -0.4 is 5.73 Å². The maximum absolute atomic E-state index is 9.80. The molecule has 0 radical (unpaired) electrons. The van der Waals surface area contributed by atoms with Gasteiger partial charge in [-0.1, -0.05) is 24.3 Å². The first-order valence-electron chi connectivity index (χ1n) is 4.81. The van der Waals surface area contributed by atoms with E-state index in [-0.39, 0.29) is 12.1 Å². The summed E-state index contributed by atoms with van der Waals surface area (Å²) in [5.74, 6) is 0. The fraction of sp³-hybridized carbons (Fsp3) is 0.455. The van der Waals surface area contributed by atoms with Crippen molar-refractivity contribution in [3.05, 3.63) is 35.4 Å². The van der Waals surface area contributed by atoms with Gasteiger partial charge in [-0.15, -0.1) is 0 Å². The van der Waals surface area contributed by atoms with Crippen LogP contribution in [0.4, 0.5) is 0 Å². The number of benzene rings is 1. The summed E-state index contributed by atoms with van der Waals surface area (Å²) in [7, 11) is 0. The molecule has 0 fully saturated rings. The van der Waals surface area contributed by atoms with Gasteiger partial charge in [-0.3, -0.25) is 0 Å². The molecule has 70 valence electrons. The molecule has 1 aliphatic rings. The third-order valence-electron chi connectivity index (χ3n) is 2.75.